The number of hydrogen-bond donors (Lipinski definition) is 1. The lowest BCUT2D eigenvalue weighted by atomic mass is 10.5. The van der Waals surface area contributed by atoms with Crippen molar-refractivity contribution in [3.63, 3.8) is 0 Å². The first kappa shape index (κ1) is 12.4. The summed E-state index contributed by atoms with van der Waals surface area (Å²) >= 11 is 0. The van der Waals surface area contributed by atoms with Crippen LogP contribution < -0.4 is 5.32 Å². The van der Waals surface area contributed by atoms with Gasteiger partial charge in [-0.1, -0.05) is 6.92 Å². The van der Waals surface area contributed by atoms with Crippen LogP contribution in [-0.4, -0.2) is 38.9 Å². The van der Waals surface area contributed by atoms with Crippen LogP contribution in [0.5, 0.6) is 0 Å². The lowest BCUT2D eigenvalue weighted by Crippen LogP contribution is -2.26. The van der Waals surface area contributed by atoms with Crippen LogP contribution in [0.1, 0.15) is 20.3 Å². The summed E-state index contributed by atoms with van der Waals surface area (Å²) in [5.74, 6) is -0.215. The van der Waals surface area contributed by atoms with E-state index in [4.69, 9.17) is 9.47 Å². The molecule has 0 aromatic heterocycles. The van der Waals surface area contributed by atoms with Crippen LogP contribution in [0.2, 0.25) is 0 Å². The fourth-order valence-corrected chi connectivity index (χ4v) is 0.777. The Hall–Kier alpha value is -0.610. The lowest BCUT2D eigenvalue weighted by Gasteiger charge is -2.05. The fourth-order valence-electron chi connectivity index (χ4n) is 0.777. The summed E-state index contributed by atoms with van der Waals surface area (Å²) in [4.78, 5) is 10.9. The summed E-state index contributed by atoms with van der Waals surface area (Å²) in [6, 6.07) is 0. The highest BCUT2D eigenvalue weighted by molar-refractivity contribution is 5.71. The van der Waals surface area contributed by atoms with Gasteiger partial charge < -0.3 is 14.8 Å². The maximum absolute atomic E-state index is 10.9. The van der Waals surface area contributed by atoms with Gasteiger partial charge >= 0.3 is 5.97 Å². The van der Waals surface area contributed by atoms with Gasteiger partial charge in [0.05, 0.1) is 13.2 Å². The summed E-state index contributed by atoms with van der Waals surface area (Å²) in [5.41, 5.74) is 0. The van der Waals surface area contributed by atoms with Crippen molar-refractivity contribution in [1.29, 1.82) is 0 Å². The average Bonchev–Trinajstić information content (AvgIpc) is 2.13. The van der Waals surface area contributed by atoms with Crippen LogP contribution in [0.4, 0.5) is 0 Å². The first-order valence-corrected chi connectivity index (χ1v) is 4.75. The second-order valence-electron chi connectivity index (χ2n) is 2.59. The zero-order valence-corrected chi connectivity index (χ0v) is 8.47. The SMILES string of the molecule is CCCNCC(=O)OCCOCC. The highest BCUT2D eigenvalue weighted by atomic mass is 16.6. The summed E-state index contributed by atoms with van der Waals surface area (Å²) < 4.78 is 9.88. The van der Waals surface area contributed by atoms with E-state index in [1.807, 2.05) is 13.8 Å². The van der Waals surface area contributed by atoms with E-state index in [0.717, 1.165) is 13.0 Å². The van der Waals surface area contributed by atoms with E-state index in [9.17, 15) is 4.79 Å². The predicted octanol–water partition coefficient (Wildman–Crippen LogP) is 0.566. The molecule has 0 aromatic rings. The Balaban J connectivity index is 3.11. The third kappa shape index (κ3) is 9.30. The molecule has 1 N–H and O–H groups in total. The number of carbonyl (C=O) groups excluding carboxylic acids is 1. The zero-order valence-electron chi connectivity index (χ0n) is 8.47. The molecule has 0 rings (SSSR count). The van der Waals surface area contributed by atoms with Crippen LogP contribution in [0.3, 0.4) is 0 Å². The van der Waals surface area contributed by atoms with Gasteiger partial charge in [-0.3, -0.25) is 4.79 Å². The van der Waals surface area contributed by atoms with Crippen molar-refractivity contribution in [2.24, 2.45) is 0 Å². The Bertz CT molecular complexity index is 128. The number of carbonyl (C=O) groups is 1. The molecular formula is C9H19NO3. The summed E-state index contributed by atoms with van der Waals surface area (Å²) in [6.07, 6.45) is 1.02. The van der Waals surface area contributed by atoms with Crippen LogP contribution in [0.25, 0.3) is 0 Å². The fraction of sp³-hybridized carbons (Fsp3) is 0.889. The molecule has 0 aromatic carbocycles. The second kappa shape index (κ2) is 9.48. The quantitative estimate of drug-likeness (QED) is 0.448. The third-order valence-corrected chi connectivity index (χ3v) is 1.39. The number of ether oxygens (including phenoxy) is 2. The number of esters is 1. The zero-order chi connectivity index (χ0) is 9.94. The van der Waals surface area contributed by atoms with E-state index < -0.39 is 0 Å². The molecule has 78 valence electrons. The predicted molar refractivity (Wildman–Crippen MR) is 50.6 cm³/mol. The van der Waals surface area contributed by atoms with Crippen molar-refractivity contribution < 1.29 is 14.3 Å². The van der Waals surface area contributed by atoms with Crippen molar-refractivity contribution in [1.82, 2.24) is 5.32 Å². The molecule has 0 aliphatic carbocycles. The van der Waals surface area contributed by atoms with E-state index in [-0.39, 0.29) is 5.97 Å². The molecule has 0 aliphatic rings. The van der Waals surface area contributed by atoms with E-state index in [2.05, 4.69) is 5.32 Å². The van der Waals surface area contributed by atoms with E-state index in [0.29, 0.717) is 26.4 Å². The normalized spacial score (nSPS) is 10.0. The topological polar surface area (TPSA) is 47.6 Å². The van der Waals surface area contributed by atoms with Crippen molar-refractivity contribution in [3.8, 4) is 0 Å². The van der Waals surface area contributed by atoms with E-state index in [1.165, 1.54) is 0 Å². The summed E-state index contributed by atoms with van der Waals surface area (Å²) in [5, 5.41) is 2.96. The van der Waals surface area contributed by atoms with Crippen molar-refractivity contribution >= 4 is 5.97 Å². The first-order chi connectivity index (χ1) is 6.31. The Morgan fingerprint density at radius 2 is 2.08 bits per heavy atom. The second-order valence-corrected chi connectivity index (χ2v) is 2.59. The molecule has 0 amide bonds. The highest BCUT2D eigenvalue weighted by Gasteiger charge is 1.99. The molecule has 0 spiro atoms. The van der Waals surface area contributed by atoms with Gasteiger partial charge in [0.1, 0.15) is 6.61 Å². The maximum atomic E-state index is 10.9. The highest BCUT2D eigenvalue weighted by Crippen LogP contribution is 1.80. The standard InChI is InChI=1S/C9H19NO3/c1-3-5-10-8-9(11)13-7-6-12-4-2/h10H,3-8H2,1-2H3. The molecule has 13 heavy (non-hydrogen) atoms. The summed E-state index contributed by atoms with van der Waals surface area (Å²) in [6.45, 7) is 6.58. The van der Waals surface area contributed by atoms with Gasteiger partial charge in [0.15, 0.2) is 0 Å². The Morgan fingerprint density at radius 1 is 1.31 bits per heavy atom. The van der Waals surface area contributed by atoms with Gasteiger partial charge in [-0.15, -0.1) is 0 Å². The lowest BCUT2D eigenvalue weighted by molar-refractivity contribution is -0.144. The van der Waals surface area contributed by atoms with Crippen LogP contribution in [0, 0.1) is 0 Å². The third-order valence-electron chi connectivity index (χ3n) is 1.39. The van der Waals surface area contributed by atoms with Gasteiger partial charge in [-0.2, -0.15) is 0 Å². The molecule has 0 atom stereocenters. The number of nitrogens with one attached hydrogen (secondary N) is 1. The van der Waals surface area contributed by atoms with Crippen molar-refractivity contribution in [3.05, 3.63) is 0 Å². The Kier molecular flexibility index (Phi) is 9.03. The molecule has 4 heteroatoms. The van der Waals surface area contributed by atoms with E-state index in [1.54, 1.807) is 0 Å². The minimum absolute atomic E-state index is 0.215. The van der Waals surface area contributed by atoms with Gasteiger partial charge in [-0.05, 0) is 19.9 Å². The number of hydrogen-bond acceptors (Lipinski definition) is 4. The Labute approximate surface area is 79.6 Å². The molecule has 0 saturated carbocycles. The molecule has 0 aliphatic heterocycles. The average molecular weight is 189 g/mol. The van der Waals surface area contributed by atoms with Gasteiger partial charge in [-0.25, -0.2) is 0 Å². The first-order valence-electron chi connectivity index (χ1n) is 4.75. The minimum atomic E-state index is -0.215. The smallest absolute Gasteiger partial charge is 0.319 e. The van der Waals surface area contributed by atoms with Crippen molar-refractivity contribution in [2.75, 3.05) is 32.9 Å². The molecule has 0 bridgehead atoms. The largest absolute Gasteiger partial charge is 0.462 e. The molecule has 0 heterocycles. The van der Waals surface area contributed by atoms with Crippen LogP contribution in [0.15, 0.2) is 0 Å². The van der Waals surface area contributed by atoms with Gasteiger partial charge in [0, 0.05) is 6.61 Å². The summed E-state index contributed by atoms with van der Waals surface area (Å²) in [7, 11) is 0. The molecule has 4 nitrogen and oxygen atoms in total. The molecule has 0 saturated heterocycles. The molecule has 0 fully saturated rings. The maximum Gasteiger partial charge on any atom is 0.319 e. The Morgan fingerprint density at radius 3 is 2.69 bits per heavy atom. The van der Waals surface area contributed by atoms with Crippen LogP contribution >= 0.6 is 0 Å². The van der Waals surface area contributed by atoms with Gasteiger partial charge in [0.2, 0.25) is 0 Å². The number of rotatable bonds is 8. The molecule has 0 unspecified atom stereocenters. The minimum Gasteiger partial charge on any atom is -0.462 e. The van der Waals surface area contributed by atoms with Gasteiger partial charge in [0.25, 0.3) is 0 Å². The molecular weight excluding hydrogens is 170 g/mol. The molecule has 0 radical (unpaired) electrons. The van der Waals surface area contributed by atoms with E-state index >= 15 is 0 Å². The van der Waals surface area contributed by atoms with Crippen molar-refractivity contribution in [2.45, 2.75) is 20.3 Å². The monoisotopic (exact) mass is 189 g/mol. The van der Waals surface area contributed by atoms with Crippen LogP contribution in [-0.2, 0) is 14.3 Å².